The Kier molecular flexibility index (Phi) is 5.15. The fraction of sp³-hybridized carbons (Fsp3) is 0.353. The van der Waals surface area contributed by atoms with Gasteiger partial charge >= 0.3 is 0 Å². The lowest BCUT2D eigenvalue weighted by Crippen LogP contribution is -2.03. The number of ether oxygens (including phenoxy) is 1. The first kappa shape index (κ1) is 18.6. The van der Waals surface area contributed by atoms with Crippen molar-refractivity contribution < 1.29 is 13.2 Å². The second-order valence-electron chi connectivity index (χ2n) is 5.86. The van der Waals surface area contributed by atoms with Gasteiger partial charge < -0.3 is 4.74 Å². The minimum Gasteiger partial charge on any atom is -0.493 e. The zero-order valence-corrected chi connectivity index (χ0v) is 16.3. The van der Waals surface area contributed by atoms with Gasteiger partial charge in [0.2, 0.25) is 0 Å². The van der Waals surface area contributed by atoms with Crippen molar-refractivity contribution in [3.05, 3.63) is 29.0 Å². The van der Waals surface area contributed by atoms with E-state index in [9.17, 15) is 8.42 Å². The molecule has 0 aliphatic carbocycles. The predicted octanol–water partition coefficient (Wildman–Crippen LogP) is 3.43. The molecule has 0 saturated heterocycles. The van der Waals surface area contributed by atoms with Gasteiger partial charge in [0.05, 0.1) is 22.8 Å². The van der Waals surface area contributed by atoms with Crippen molar-refractivity contribution in [3.63, 3.8) is 0 Å². The highest BCUT2D eigenvalue weighted by atomic mass is 35.5. The third-order valence-corrected chi connectivity index (χ3v) is 5.24. The van der Waals surface area contributed by atoms with Crippen LogP contribution in [0.15, 0.2) is 23.1 Å². The normalized spacial score (nSPS) is 11.8. The van der Waals surface area contributed by atoms with Crippen LogP contribution in [0, 0.1) is 0 Å². The van der Waals surface area contributed by atoms with E-state index in [1.54, 1.807) is 6.07 Å². The minimum absolute atomic E-state index is 0.166. The second kappa shape index (κ2) is 7.20. The van der Waals surface area contributed by atoms with E-state index in [-0.39, 0.29) is 10.0 Å². The molecular formula is C17H19ClN4O3S. The van der Waals surface area contributed by atoms with Gasteiger partial charge in [-0.1, -0.05) is 25.4 Å². The molecule has 0 fully saturated rings. The number of H-pyrrole nitrogens is 1. The molecule has 0 bridgehead atoms. The standard InChI is InChI=1S/C17H19ClN4O3S/c1-4-8-25-13-7-6-10(26(3,23)24)9-11(13)17-19-14-12(5-2)21-22-15(14)16(18)20-17/h6-7,9H,4-5,8H2,1-3H3,(H,21,22). The highest BCUT2D eigenvalue weighted by Gasteiger charge is 2.19. The van der Waals surface area contributed by atoms with Crippen LogP contribution in [0.3, 0.4) is 0 Å². The van der Waals surface area contributed by atoms with Crippen LogP contribution in [0.2, 0.25) is 5.15 Å². The zero-order valence-electron chi connectivity index (χ0n) is 14.7. The van der Waals surface area contributed by atoms with Gasteiger partial charge in [-0.3, -0.25) is 5.10 Å². The Morgan fingerprint density at radius 1 is 1.23 bits per heavy atom. The molecule has 0 unspecified atom stereocenters. The molecule has 2 aromatic heterocycles. The van der Waals surface area contributed by atoms with Crippen LogP contribution in [0.4, 0.5) is 0 Å². The zero-order chi connectivity index (χ0) is 18.9. The van der Waals surface area contributed by atoms with Crippen molar-refractivity contribution in [1.29, 1.82) is 0 Å². The minimum atomic E-state index is -3.39. The first-order valence-electron chi connectivity index (χ1n) is 8.22. The molecule has 0 spiro atoms. The lowest BCUT2D eigenvalue weighted by atomic mass is 10.1. The maximum absolute atomic E-state index is 12.0. The number of hydrogen-bond donors (Lipinski definition) is 1. The molecule has 3 rings (SSSR count). The van der Waals surface area contributed by atoms with E-state index in [0.29, 0.717) is 41.2 Å². The number of fused-ring (bicyclic) bond motifs is 1. The van der Waals surface area contributed by atoms with Crippen LogP contribution in [-0.2, 0) is 16.3 Å². The van der Waals surface area contributed by atoms with E-state index in [0.717, 1.165) is 18.4 Å². The molecule has 3 aromatic rings. The fourth-order valence-electron chi connectivity index (χ4n) is 2.54. The van der Waals surface area contributed by atoms with E-state index >= 15 is 0 Å². The average molecular weight is 395 g/mol. The van der Waals surface area contributed by atoms with E-state index < -0.39 is 9.84 Å². The number of nitrogens with one attached hydrogen (secondary N) is 1. The van der Waals surface area contributed by atoms with Gasteiger partial charge in [-0.15, -0.1) is 0 Å². The Morgan fingerprint density at radius 2 is 2.00 bits per heavy atom. The molecular weight excluding hydrogens is 376 g/mol. The summed E-state index contributed by atoms with van der Waals surface area (Å²) in [4.78, 5) is 9.05. The van der Waals surface area contributed by atoms with Crippen molar-refractivity contribution in [2.75, 3.05) is 12.9 Å². The maximum Gasteiger partial charge on any atom is 0.175 e. The summed E-state index contributed by atoms with van der Waals surface area (Å²) in [5, 5.41) is 7.26. The van der Waals surface area contributed by atoms with Crippen molar-refractivity contribution >= 4 is 32.5 Å². The Bertz CT molecular complexity index is 1060. The number of sulfone groups is 1. The molecule has 0 amide bonds. The third-order valence-electron chi connectivity index (χ3n) is 3.86. The molecule has 138 valence electrons. The van der Waals surface area contributed by atoms with Gasteiger partial charge in [0.1, 0.15) is 16.8 Å². The van der Waals surface area contributed by atoms with E-state index in [1.807, 2.05) is 13.8 Å². The second-order valence-corrected chi connectivity index (χ2v) is 8.24. The van der Waals surface area contributed by atoms with Gasteiger partial charge in [-0.25, -0.2) is 18.4 Å². The van der Waals surface area contributed by atoms with Crippen molar-refractivity contribution in [3.8, 4) is 17.1 Å². The average Bonchev–Trinajstić information content (AvgIpc) is 3.02. The van der Waals surface area contributed by atoms with Crippen LogP contribution in [0.25, 0.3) is 22.4 Å². The number of aromatic amines is 1. The predicted molar refractivity (Wildman–Crippen MR) is 100 cm³/mol. The molecule has 26 heavy (non-hydrogen) atoms. The Morgan fingerprint density at radius 3 is 2.65 bits per heavy atom. The fourth-order valence-corrected chi connectivity index (χ4v) is 3.40. The maximum atomic E-state index is 12.0. The van der Waals surface area contributed by atoms with E-state index in [2.05, 4.69) is 20.2 Å². The number of aromatic nitrogens is 4. The quantitative estimate of drug-likeness (QED) is 0.643. The van der Waals surface area contributed by atoms with Gasteiger partial charge in [0.25, 0.3) is 0 Å². The molecule has 0 aliphatic rings. The number of halogens is 1. The van der Waals surface area contributed by atoms with Crippen LogP contribution < -0.4 is 4.74 Å². The van der Waals surface area contributed by atoms with E-state index in [4.69, 9.17) is 16.3 Å². The van der Waals surface area contributed by atoms with Gasteiger partial charge in [-0.05, 0) is 31.0 Å². The van der Waals surface area contributed by atoms with Gasteiger partial charge in [0, 0.05) is 6.26 Å². The van der Waals surface area contributed by atoms with Crippen LogP contribution in [0.5, 0.6) is 5.75 Å². The first-order chi connectivity index (χ1) is 12.3. The molecule has 9 heteroatoms. The van der Waals surface area contributed by atoms with E-state index in [1.165, 1.54) is 12.1 Å². The smallest absolute Gasteiger partial charge is 0.175 e. The Labute approximate surface area is 156 Å². The molecule has 0 atom stereocenters. The van der Waals surface area contributed by atoms with Gasteiger partial charge in [-0.2, -0.15) is 5.10 Å². The monoisotopic (exact) mass is 394 g/mol. The van der Waals surface area contributed by atoms with Crippen molar-refractivity contribution in [1.82, 2.24) is 20.2 Å². The lowest BCUT2D eigenvalue weighted by molar-refractivity contribution is 0.318. The lowest BCUT2D eigenvalue weighted by Gasteiger charge is -2.12. The van der Waals surface area contributed by atoms with Crippen molar-refractivity contribution in [2.45, 2.75) is 31.6 Å². The summed E-state index contributed by atoms with van der Waals surface area (Å²) in [6.07, 6.45) is 2.64. The highest BCUT2D eigenvalue weighted by Crippen LogP contribution is 2.33. The largest absolute Gasteiger partial charge is 0.493 e. The molecule has 0 saturated carbocycles. The van der Waals surface area contributed by atoms with Crippen LogP contribution in [-0.4, -0.2) is 41.4 Å². The summed E-state index contributed by atoms with van der Waals surface area (Å²) in [7, 11) is -3.39. The molecule has 7 nitrogen and oxygen atoms in total. The summed E-state index contributed by atoms with van der Waals surface area (Å²) in [6.45, 7) is 4.45. The van der Waals surface area contributed by atoms with Crippen LogP contribution >= 0.6 is 11.6 Å². The summed E-state index contributed by atoms with van der Waals surface area (Å²) >= 11 is 6.29. The Hall–Kier alpha value is -2.19. The van der Waals surface area contributed by atoms with Crippen molar-refractivity contribution in [2.24, 2.45) is 0 Å². The third kappa shape index (κ3) is 3.52. The van der Waals surface area contributed by atoms with Gasteiger partial charge in [0.15, 0.2) is 20.8 Å². The topological polar surface area (TPSA) is 97.8 Å². The first-order valence-corrected chi connectivity index (χ1v) is 10.5. The summed E-state index contributed by atoms with van der Waals surface area (Å²) < 4.78 is 29.7. The molecule has 1 N–H and O–H groups in total. The number of nitrogens with zero attached hydrogens (tertiary/aromatic N) is 3. The number of benzene rings is 1. The van der Waals surface area contributed by atoms with Crippen LogP contribution in [0.1, 0.15) is 26.0 Å². The number of hydrogen-bond acceptors (Lipinski definition) is 6. The highest BCUT2D eigenvalue weighted by molar-refractivity contribution is 7.90. The number of aryl methyl sites for hydroxylation is 1. The Balaban J connectivity index is 2.24. The number of rotatable bonds is 6. The summed E-state index contributed by atoms with van der Waals surface area (Å²) in [5.41, 5.74) is 2.42. The molecule has 0 radical (unpaired) electrons. The molecule has 0 aliphatic heterocycles. The summed E-state index contributed by atoms with van der Waals surface area (Å²) in [5.74, 6) is 0.811. The SMILES string of the molecule is CCCOc1ccc(S(C)(=O)=O)cc1-c1nc(Cl)c2[nH]nc(CC)c2n1. The molecule has 2 heterocycles. The molecule has 1 aromatic carbocycles. The summed E-state index contributed by atoms with van der Waals surface area (Å²) in [6, 6.07) is 4.65.